The van der Waals surface area contributed by atoms with Crippen LogP contribution >= 0.6 is 0 Å². The number of carbonyl (C=O) groups is 2. The highest BCUT2D eigenvalue weighted by Crippen LogP contribution is 2.24. The van der Waals surface area contributed by atoms with Gasteiger partial charge in [-0.1, -0.05) is 0 Å². The van der Waals surface area contributed by atoms with Gasteiger partial charge in [0.15, 0.2) is 0 Å². The van der Waals surface area contributed by atoms with E-state index in [0.717, 1.165) is 12.2 Å². The fraction of sp³-hybridized carbons (Fsp3) is 0.600. The molecule has 2 aliphatic rings. The van der Waals surface area contributed by atoms with Crippen LogP contribution in [0.15, 0.2) is 11.9 Å². The highest BCUT2D eigenvalue weighted by atomic mass is 16.5. The number of amides is 2. The van der Waals surface area contributed by atoms with Crippen LogP contribution in [-0.2, 0) is 9.53 Å². The molecule has 0 saturated carbocycles. The molecule has 2 rings (SSSR count). The number of carbonyl (C=O) groups excluding carboxylic acids is 2. The number of esters is 1. The van der Waals surface area contributed by atoms with Gasteiger partial charge in [-0.05, 0) is 6.92 Å². The Morgan fingerprint density at radius 1 is 1.69 bits per heavy atom. The van der Waals surface area contributed by atoms with Crippen LogP contribution in [0.25, 0.3) is 0 Å². The summed E-state index contributed by atoms with van der Waals surface area (Å²) in [5, 5.41) is 2.63. The molecule has 1 fully saturated rings. The molecule has 2 amide bonds. The summed E-state index contributed by atoms with van der Waals surface area (Å²) in [6.45, 7) is 3.42. The summed E-state index contributed by atoms with van der Waals surface area (Å²) in [6.07, 6.45) is 2.42. The molecule has 0 aliphatic carbocycles. The fourth-order valence-electron chi connectivity index (χ4n) is 1.91. The van der Waals surface area contributed by atoms with Crippen molar-refractivity contribution in [1.29, 1.82) is 0 Å². The maximum Gasteiger partial charge on any atom is 0.328 e. The van der Waals surface area contributed by atoms with Gasteiger partial charge in [-0.15, -0.1) is 0 Å². The molecule has 2 heterocycles. The van der Waals surface area contributed by atoms with Crippen LogP contribution < -0.4 is 5.32 Å². The molecular weight excluding hydrogens is 210 g/mol. The molecule has 1 N–H and O–H groups in total. The average Bonchev–Trinajstić information content (AvgIpc) is 2.71. The van der Waals surface area contributed by atoms with E-state index >= 15 is 0 Å². The lowest BCUT2D eigenvalue weighted by Gasteiger charge is -2.30. The minimum Gasteiger partial charge on any atom is -0.467 e. The third kappa shape index (κ3) is 1.70. The van der Waals surface area contributed by atoms with E-state index in [1.54, 1.807) is 4.90 Å². The first kappa shape index (κ1) is 10.8. The van der Waals surface area contributed by atoms with Crippen molar-refractivity contribution in [2.24, 2.45) is 0 Å². The van der Waals surface area contributed by atoms with E-state index in [-0.39, 0.29) is 6.03 Å². The van der Waals surface area contributed by atoms with E-state index in [4.69, 9.17) is 0 Å². The second kappa shape index (κ2) is 4.03. The second-order valence-electron chi connectivity index (χ2n) is 3.82. The molecule has 0 bridgehead atoms. The summed E-state index contributed by atoms with van der Waals surface area (Å²) in [5.41, 5.74) is 0.876. The number of ether oxygens (including phenoxy) is 1. The number of nitrogens with zero attached hydrogens (tertiary/aromatic N) is 2. The van der Waals surface area contributed by atoms with Crippen LogP contribution in [0.3, 0.4) is 0 Å². The summed E-state index contributed by atoms with van der Waals surface area (Å²) in [5.74, 6) is -0.399. The quantitative estimate of drug-likeness (QED) is 0.676. The molecule has 6 nitrogen and oxygen atoms in total. The SMILES string of the molecule is CCN1C=C2C[C@@H](C(=O)OC)NC(=O)N2C1. The molecule has 2 aliphatic heterocycles. The van der Waals surface area contributed by atoms with Gasteiger partial charge in [-0.3, -0.25) is 4.90 Å². The molecule has 0 radical (unpaired) electrons. The van der Waals surface area contributed by atoms with Crippen molar-refractivity contribution in [3.8, 4) is 0 Å². The number of rotatable bonds is 2. The monoisotopic (exact) mass is 225 g/mol. The molecule has 1 saturated heterocycles. The smallest absolute Gasteiger partial charge is 0.328 e. The lowest BCUT2D eigenvalue weighted by molar-refractivity contribution is -0.143. The Bertz CT molecular complexity index is 353. The van der Waals surface area contributed by atoms with E-state index in [9.17, 15) is 9.59 Å². The van der Waals surface area contributed by atoms with Crippen molar-refractivity contribution in [2.45, 2.75) is 19.4 Å². The molecule has 88 valence electrons. The summed E-state index contributed by atoms with van der Waals surface area (Å²) in [6, 6.07) is -0.791. The number of urea groups is 1. The third-order valence-electron chi connectivity index (χ3n) is 2.85. The maximum atomic E-state index is 11.7. The Hall–Kier alpha value is -1.72. The van der Waals surface area contributed by atoms with Gasteiger partial charge < -0.3 is 15.0 Å². The predicted molar refractivity (Wildman–Crippen MR) is 56.1 cm³/mol. The molecule has 1 atom stereocenters. The highest BCUT2D eigenvalue weighted by molar-refractivity contribution is 5.86. The topological polar surface area (TPSA) is 61.9 Å². The van der Waals surface area contributed by atoms with Gasteiger partial charge in [0.1, 0.15) is 6.04 Å². The van der Waals surface area contributed by atoms with Crippen LogP contribution in [0.2, 0.25) is 0 Å². The highest BCUT2D eigenvalue weighted by Gasteiger charge is 2.36. The van der Waals surface area contributed by atoms with Crippen LogP contribution in [0.1, 0.15) is 13.3 Å². The van der Waals surface area contributed by atoms with E-state index in [0.29, 0.717) is 13.1 Å². The Balaban J connectivity index is 2.13. The van der Waals surface area contributed by atoms with Gasteiger partial charge in [0.05, 0.1) is 13.8 Å². The lowest BCUT2D eigenvalue weighted by Crippen LogP contribution is -2.53. The summed E-state index contributed by atoms with van der Waals surface area (Å²) in [4.78, 5) is 26.7. The minimum absolute atomic E-state index is 0.233. The summed E-state index contributed by atoms with van der Waals surface area (Å²) in [7, 11) is 1.32. The third-order valence-corrected chi connectivity index (χ3v) is 2.85. The number of hydrogen-bond acceptors (Lipinski definition) is 4. The zero-order chi connectivity index (χ0) is 11.7. The number of hydrogen-bond donors (Lipinski definition) is 1. The van der Waals surface area contributed by atoms with Crippen LogP contribution in [0.4, 0.5) is 4.79 Å². The van der Waals surface area contributed by atoms with E-state index in [2.05, 4.69) is 10.1 Å². The molecule has 0 spiro atoms. The molecule has 0 unspecified atom stereocenters. The number of methoxy groups -OCH3 is 1. The van der Waals surface area contributed by atoms with Crippen molar-refractivity contribution in [3.05, 3.63) is 11.9 Å². The van der Waals surface area contributed by atoms with Gasteiger partial charge in [0, 0.05) is 24.9 Å². The van der Waals surface area contributed by atoms with Gasteiger partial charge in [0.25, 0.3) is 0 Å². The van der Waals surface area contributed by atoms with Crippen LogP contribution in [-0.4, -0.2) is 48.2 Å². The first-order valence-corrected chi connectivity index (χ1v) is 5.26. The van der Waals surface area contributed by atoms with E-state index in [1.165, 1.54) is 7.11 Å². The number of nitrogens with one attached hydrogen (secondary N) is 1. The average molecular weight is 225 g/mol. The van der Waals surface area contributed by atoms with E-state index < -0.39 is 12.0 Å². The molecule has 0 aromatic rings. The number of fused-ring (bicyclic) bond motifs is 1. The van der Waals surface area contributed by atoms with Crippen molar-refractivity contribution in [2.75, 3.05) is 20.3 Å². The fourth-order valence-corrected chi connectivity index (χ4v) is 1.91. The van der Waals surface area contributed by atoms with Gasteiger partial charge in [-0.25, -0.2) is 9.59 Å². The zero-order valence-corrected chi connectivity index (χ0v) is 9.40. The Morgan fingerprint density at radius 3 is 3.06 bits per heavy atom. The Labute approximate surface area is 93.8 Å². The van der Waals surface area contributed by atoms with Gasteiger partial charge >= 0.3 is 12.0 Å². The Morgan fingerprint density at radius 2 is 2.44 bits per heavy atom. The minimum atomic E-state index is -0.559. The first-order valence-electron chi connectivity index (χ1n) is 5.26. The lowest BCUT2D eigenvalue weighted by atomic mass is 10.1. The predicted octanol–water partition coefficient (Wildman–Crippen LogP) is 0.0777. The Kier molecular flexibility index (Phi) is 2.72. The largest absolute Gasteiger partial charge is 0.467 e. The maximum absolute atomic E-state index is 11.7. The standard InChI is InChI=1S/C10H15N3O3/c1-3-12-5-7-4-8(9(14)16-2)11-10(15)13(7)6-12/h5,8H,3-4,6H2,1-2H3,(H,11,15)/t8-/m0/s1. The summed E-state index contributed by atoms with van der Waals surface area (Å²) >= 11 is 0. The van der Waals surface area contributed by atoms with Crippen molar-refractivity contribution in [3.63, 3.8) is 0 Å². The second-order valence-corrected chi connectivity index (χ2v) is 3.82. The molecule has 0 aromatic carbocycles. The normalized spacial score (nSPS) is 23.8. The van der Waals surface area contributed by atoms with Crippen molar-refractivity contribution < 1.29 is 14.3 Å². The molecular formula is C10H15N3O3. The van der Waals surface area contributed by atoms with Crippen molar-refractivity contribution in [1.82, 2.24) is 15.1 Å². The van der Waals surface area contributed by atoms with Gasteiger partial charge in [-0.2, -0.15) is 0 Å². The summed E-state index contributed by atoms with van der Waals surface area (Å²) < 4.78 is 4.63. The van der Waals surface area contributed by atoms with Crippen LogP contribution in [0.5, 0.6) is 0 Å². The van der Waals surface area contributed by atoms with E-state index in [1.807, 2.05) is 18.0 Å². The molecule has 6 heteroatoms. The molecule has 0 aromatic heterocycles. The van der Waals surface area contributed by atoms with Crippen molar-refractivity contribution >= 4 is 12.0 Å². The molecule has 16 heavy (non-hydrogen) atoms. The van der Waals surface area contributed by atoms with Crippen LogP contribution in [0, 0.1) is 0 Å². The first-order chi connectivity index (χ1) is 7.65. The zero-order valence-electron chi connectivity index (χ0n) is 9.40. The van der Waals surface area contributed by atoms with Gasteiger partial charge in [0.2, 0.25) is 0 Å².